The van der Waals surface area contributed by atoms with Crippen molar-refractivity contribution in [3.63, 3.8) is 0 Å². The van der Waals surface area contributed by atoms with Crippen LogP contribution in [0.25, 0.3) is 0 Å². The number of allylic oxidation sites excluding steroid dienone is 2. The molecule has 0 saturated heterocycles. The first-order valence-corrected chi connectivity index (χ1v) is 9.80. The molecule has 8 heteroatoms. The Morgan fingerprint density at radius 3 is 2.93 bits per heavy atom. The van der Waals surface area contributed by atoms with E-state index in [0.717, 1.165) is 16.8 Å². The van der Waals surface area contributed by atoms with Crippen molar-refractivity contribution in [2.24, 2.45) is 0 Å². The van der Waals surface area contributed by atoms with E-state index < -0.39 is 0 Å². The average molecular weight is 400 g/mol. The van der Waals surface area contributed by atoms with Gasteiger partial charge in [-0.15, -0.1) is 11.8 Å². The van der Waals surface area contributed by atoms with Crippen LogP contribution in [0.4, 0.5) is 5.69 Å². The van der Waals surface area contributed by atoms with E-state index in [0.29, 0.717) is 22.0 Å². The van der Waals surface area contributed by atoms with Crippen LogP contribution in [0.5, 0.6) is 5.75 Å². The Hall–Kier alpha value is -2.38. The van der Waals surface area contributed by atoms with Gasteiger partial charge in [-0.25, -0.2) is 0 Å². The van der Waals surface area contributed by atoms with Crippen LogP contribution in [-0.4, -0.2) is 31.2 Å². The molecule has 0 fully saturated rings. The first-order chi connectivity index (χ1) is 13.1. The fraction of sp³-hybridized carbons (Fsp3) is 0.158. The van der Waals surface area contributed by atoms with Crippen molar-refractivity contribution in [1.82, 2.24) is 10.3 Å². The van der Waals surface area contributed by atoms with Crippen molar-refractivity contribution in [1.29, 1.82) is 0 Å². The second-order valence-corrected chi connectivity index (χ2v) is 7.45. The molecule has 138 valence electrons. The van der Waals surface area contributed by atoms with Gasteiger partial charge in [-0.1, -0.05) is 17.1 Å². The lowest BCUT2D eigenvalue weighted by atomic mass is 9.93. The summed E-state index contributed by atoms with van der Waals surface area (Å²) in [6.45, 7) is 0. The zero-order valence-electron chi connectivity index (χ0n) is 15.0. The largest absolute Gasteiger partial charge is 0.495 e. The molecule has 0 saturated carbocycles. The molecule has 1 aromatic carbocycles. The molecular weight excluding hydrogens is 381 g/mol. The molecule has 27 heavy (non-hydrogen) atoms. The lowest BCUT2D eigenvalue weighted by Gasteiger charge is -2.23. The SMILES string of the molecule is Bc1cc(OC)c(Cl)cc1NC(=O)C1=CC=CNC1SCc1ccncc1. The van der Waals surface area contributed by atoms with Crippen molar-refractivity contribution >= 4 is 48.3 Å². The van der Waals surface area contributed by atoms with Crippen LogP contribution in [0.3, 0.4) is 0 Å². The molecule has 1 unspecified atom stereocenters. The summed E-state index contributed by atoms with van der Waals surface area (Å²) in [5.74, 6) is 1.19. The highest BCUT2D eigenvalue weighted by molar-refractivity contribution is 7.99. The van der Waals surface area contributed by atoms with Crippen molar-refractivity contribution in [2.75, 3.05) is 12.4 Å². The van der Waals surface area contributed by atoms with E-state index in [1.54, 1.807) is 43.4 Å². The molecule has 2 N–H and O–H groups in total. The monoisotopic (exact) mass is 399 g/mol. The predicted octanol–water partition coefficient (Wildman–Crippen LogP) is 2.24. The Balaban J connectivity index is 1.71. The first-order valence-electron chi connectivity index (χ1n) is 8.37. The summed E-state index contributed by atoms with van der Waals surface area (Å²) in [5.41, 5.74) is 3.36. The molecular formula is C19H19BClN3O2S. The standard InChI is InChI=1S/C19H19BClN3O2S/c1-26-17-9-14(20)16(10-15(17)21)24-18(25)13-3-2-6-23-19(13)27-11-12-4-7-22-8-5-12/h2-10,19,23H,11,20H2,1H3,(H,24,25). The minimum absolute atomic E-state index is 0.141. The molecule has 1 aromatic heterocycles. The number of hydrogen-bond donors (Lipinski definition) is 2. The maximum Gasteiger partial charge on any atom is 0.254 e. The van der Waals surface area contributed by atoms with Gasteiger partial charge in [-0.2, -0.15) is 0 Å². The number of ether oxygens (including phenoxy) is 1. The number of hydrogen-bond acceptors (Lipinski definition) is 5. The Labute approximate surface area is 168 Å². The molecule has 0 spiro atoms. The zero-order chi connectivity index (χ0) is 19.2. The van der Waals surface area contributed by atoms with Crippen molar-refractivity contribution in [2.45, 2.75) is 11.1 Å². The number of carbonyl (C=O) groups excluding carboxylic acids is 1. The molecule has 0 radical (unpaired) electrons. The quantitative estimate of drug-likeness (QED) is 0.730. The van der Waals surface area contributed by atoms with Gasteiger partial charge in [0.1, 0.15) is 19.0 Å². The first kappa shape index (κ1) is 19.4. The lowest BCUT2D eigenvalue weighted by Crippen LogP contribution is -2.33. The molecule has 0 aliphatic carbocycles. The van der Waals surface area contributed by atoms with Gasteiger partial charge in [0.2, 0.25) is 0 Å². The maximum atomic E-state index is 12.9. The number of benzene rings is 1. The van der Waals surface area contributed by atoms with Crippen molar-refractivity contribution < 1.29 is 9.53 Å². The van der Waals surface area contributed by atoms with E-state index in [1.807, 2.05) is 38.3 Å². The number of carbonyl (C=O) groups is 1. The zero-order valence-corrected chi connectivity index (χ0v) is 16.6. The van der Waals surface area contributed by atoms with Crippen LogP contribution in [0, 0.1) is 0 Å². The summed E-state index contributed by atoms with van der Waals surface area (Å²) in [7, 11) is 3.46. The number of rotatable bonds is 6. The molecule has 2 aromatic rings. The van der Waals surface area contributed by atoms with Gasteiger partial charge in [-0.05, 0) is 48.2 Å². The Kier molecular flexibility index (Phi) is 6.47. The third-order valence-corrected chi connectivity index (χ3v) is 5.60. The average Bonchev–Trinajstić information content (AvgIpc) is 2.69. The number of anilines is 1. The Morgan fingerprint density at radius 1 is 1.41 bits per heavy atom. The fourth-order valence-electron chi connectivity index (χ4n) is 2.60. The summed E-state index contributed by atoms with van der Waals surface area (Å²) in [6.07, 6.45) is 9.03. The van der Waals surface area contributed by atoms with Crippen LogP contribution in [0.1, 0.15) is 5.56 Å². The van der Waals surface area contributed by atoms with Crippen LogP contribution < -0.4 is 20.8 Å². The van der Waals surface area contributed by atoms with E-state index in [2.05, 4.69) is 15.6 Å². The van der Waals surface area contributed by atoms with Crippen LogP contribution in [-0.2, 0) is 10.5 Å². The number of thioether (sulfide) groups is 1. The minimum Gasteiger partial charge on any atom is -0.495 e. The van der Waals surface area contributed by atoms with Gasteiger partial charge in [0.05, 0.1) is 12.1 Å². The van der Waals surface area contributed by atoms with E-state index >= 15 is 0 Å². The van der Waals surface area contributed by atoms with E-state index in [4.69, 9.17) is 16.3 Å². The normalized spacial score (nSPS) is 15.6. The summed E-state index contributed by atoms with van der Waals surface area (Å²) in [5, 5.41) is 6.51. The summed E-state index contributed by atoms with van der Waals surface area (Å²) in [4.78, 5) is 16.9. The van der Waals surface area contributed by atoms with Crippen LogP contribution in [0.2, 0.25) is 5.02 Å². The van der Waals surface area contributed by atoms with Gasteiger partial charge in [-0.3, -0.25) is 9.78 Å². The predicted molar refractivity (Wildman–Crippen MR) is 114 cm³/mol. The summed E-state index contributed by atoms with van der Waals surface area (Å²) >= 11 is 7.84. The van der Waals surface area contributed by atoms with Crippen LogP contribution >= 0.6 is 23.4 Å². The lowest BCUT2D eigenvalue weighted by molar-refractivity contribution is -0.113. The number of methoxy groups -OCH3 is 1. The number of halogens is 1. The number of aromatic nitrogens is 1. The molecule has 1 amide bonds. The van der Waals surface area contributed by atoms with Gasteiger partial charge < -0.3 is 15.4 Å². The number of nitrogens with one attached hydrogen (secondary N) is 2. The third kappa shape index (κ3) is 4.87. The second kappa shape index (κ2) is 9.02. The Morgan fingerprint density at radius 2 is 2.19 bits per heavy atom. The molecule has 5 nitrogen and oxygen atoms in total. The van der Waals surface area contributed by atoms with Crippen LogP contribution in [0.15, 0.2) is 60.6 Å². The summed E-state index contributed by atoms with van der Waals surface area (Å²) in [6, 6.07) is 7.45. The highest BCUT2D eigenvalue weighted by Crippen LogP contribution is 2.27. The number of dihydropyridines is 1. The van der Waals surface area contributed by atoms with Gasteiger partial charge in [0, 0.05) is 29.4 Å². The molecule has 2 heterocycles. The third-order valence-electron chi connectivity index (χ3n) is 4.08. The summed E-state index contributed by atoms with van der Waals surface area (Å²) < 4.78 is 5.21. The Bertz CT molecular complexity index is 890. The van der Waals surface area contributed by atoms with E-state index in [-0.39, 0.29) is 11.3 Å². The second-order valence-electron chi connectivity index (χ2n) is 5.95. The molecule has 3 rings (SSSR count). The fourth-order valence-corrected chi connectivity index (χ4v) is 3.94. The number of pyridine rings is 1. The van der Waals surface area contributed by atoms with Crippen molar-refractivity contribution in [3.05, 3.63) is 71.2 Å². The van der Waals surface area contributed by atoms with Gasteiger partial charge >= 0.3 is 0 Å². The molecule has 0 bridgehead atoms. The van der Waals surface area contributed by atoms with Crippen molar-refractivity contribution in [3.8, 4) is 5.75 Å². The molecule has 1 aliphatic rings. The highest BCUT2D eigenvalue weighted by atomic mass is 35.5. The molecule has 1 atom stereocenters. The van der Waals surface area contributed by atoms with Gasteiger partial charge in [0.25, 0.3) is 5.91 Å². The molecule has 1 aliphatic heterocycles. The maximum absolute atomic E-state index is 12.9. The topological polar surface area (TPSA) is 63.2 Å². The number of amides is 1. The number of nitrogens with zero attached hydrogens (tertiary/aromatic N) is 1. The highest BCUT2D eigenvalue weighted by Gasteiger charge is 2.22. The van der Waals surface area contributed by atoms with E-state index in [9.17, 15) is 4.79 Å². The van der Waals surface area contributed by atoms with E-state index in [1.165, 1.54) is 0 Å². The minimum atomic E-state index is -0.164. The van der Waals surface area contributed by atoms with Gasteiger partial charge in [0.15, 0.2) is 0 Å². The smallest absolute Gasteiger partial charge is 0.254 e.